The number of benzene rings is 2. The molecule has 0 unspecified atom stereocenters. The number of hydrogen-bond acceptors (Lipinski definition) is 3. The second-order valence-electron chi connectivity index (χ2n) is 7.22. The van der Waals surface area contributed by atoms with Gasteiger partial charge in [-0.15, -0.1) is 0 Å². The van der Waals surface area contributed by atoms with Crippen LogP contribution >= 0.6 is 0 Å². The summed E-state index contributed by atoms with van der Waals surface area (Å²) < 4.78 is 27.1. The minimum Gasteiger partial charge on any atom is -0.311 e. The molecule has 2 aliphatic heterocycles. The van der Waals surface area contributed by atoms with Gasteiger partial charge < -0.3 is 4.90 Å². The van der Waals surface area contributed by atoms with E-state index in [9.17, 15) is 13.2 Å². The van der Waals surface area contributed by atoms with Gasteiger partial charge in [0, 0.05) is 25.3 Å². The fourth-order valence-electron chi connectivity index (χ4n) is 3.84. The second-order valence-corrected chi connectivity index (χ2v) is 9.16. The third-order valence-electron chi connectivity index (χ3n) is 5.57. The smallest absolute Gasteiger partial charge is 0.243 e. The lowest BCUT2D eigenvalue weighted by molar-refractivity contribution is -0.137. The predicted octanol–water partition coefficient (Wildman–Crippen LogP) is 2.81. The van der Waals surface area contributed by atoms with Crippen molar-refractivity contribution in [1.29, 1.82) is 0 Å². The Labute approximate surface area is 154 Å². The van der Waals surface area contributed by atoms with E-state index in [0.29, 0.717) is 37.4 Å². The zero-order valence-corrected chi connectivity index (χ0v) is 15.6. The lowest BCUT2D eigenvalue weighted by Gasteiger charge is -2.52. The normalized spacial score (nSPS) is 20.2. The molecular formula is C20H22N2O3S. The van der Waals surface area contributed by atoms with Gasteiger partial charge in [0.2, 0.25) is 15.9 Å². The standard InChI is InChI=1S/C20H22N2O3S/c1-16-7-9-18(10-8-16)26(24,25)21-13-11-20(12-14-21)15-22(19(20)23)17-5-3-2-4-6-17/h2-10H,11-15H2,1H3. The Morgan fingerprint density at radius 3 is 2.12 bits per heavy atom. The SMILES string of the molecule is Cc1ccc(S(=O)(=O)N2CCC3(CC2)CN(c2ccccc2)C3=O)cc1. The van der Waals surface area contributed by atoms with Crippen LogP contribution in [0.4, 0.5) is 5.69 Å². The van der Waals surface area contributed by atoms with E-state index in [0.717, 1.165) is 11.3 Å². The van der Waals surface area contributed by atoms with Gasteiger partial charge in [0.15, 0.2) is 0 Å². The Hall–Kier alpha value is -2.18. The first-order valence-electron chi connectivity index (χ1n) is 8.86. The summed E-state index contributed by atoms with van der Waals surface area (Å²) in [7, 11) is -3.49. The number of anilines is 1. The Morgan fingerprint density at radius 1 is 0.923 bits per heavy atom. The molecule has 2 fully saturated rings. The Kier molecular flexibility index (Phi) is 4.12. The summed E-state index contributed by atoms with van der Waals surface area (Å²) in [5.41, 5.74) is 1.55. The van der Waals surface area contributed by atoms with Gasteiger partial charge in [0.1, 0.15) is 0 Å². The highest BCUT2D eigenvalue weighted by molar-refractivity contribution is 7.89. The molecule has 136 valence electrons. The molecule has 4 rings (SSSR count). The van der Waals surface area contributed by atoms with Crippen LogP contribution in [0.25, 0.3) is 0 Å². The van der Waals surface area contributed by atoms with Gasteiger partial charge in [-0.2, -0.15) is 4.31 Å². The molecule has 0 atom stereocenters. The Morgan fingerprint density at radius 2 is 1.54 bits per heavy atom. The van der Waals surface area contributed by atoms with Gasteiger partial charge in [-0.25, -0.2) is 8.42 Å². The summed E-state index contributed by atoms with van der Waals surface area (Å²) in [5.74, 6) is 0.121. The molecule has 0 saturated carbocycles. The molecule has 0 radical (unpaired) electrons. The maximum absolute atomic E-state index is 12.8. The van der Waals surface area contributed by atoms with E-state index in [2.05, 4.69) is 0 Å². The molecule has 0 aromatic heterocycles. The van der Waals surface area contributed by atoms with Crippen molar-refractivity contribution in [3.63, 3.8) is 0 Å². The second kappa shape index (κ2) is 6.21. The highest BCUT2D eigenvalue weighted by Gasteiger charge is 2.54. The number of hydrogen-bond donors (Lipinski definition) is 0. The number of sulfonamides is 1. The van der Waals surface area contributed by atoms with E-state index in [-0.39, 0.29) is 5.91 Å². The molecule has 2 aromatic rings. The number of piperidine rings is 1. The van der Waals surface area contributed by atoms with Crippen LogP contribution in [0.2, 0.25) is 0 Å². The molecule has 2 aliphatic rings. The van der Waals surface area contributed by atoms with Gasteiger partial charge in [0.25, 0.3) is 0 Å². The van der Waals surface area contributed by atoms with Gasteiger partial charge in [-0.3, -0.25) is 4.79 Å². The number of carbonyl (C=O) groups excluding carboxylic acids is 1. The summed E-state index contributed by atoms with van der Waals surface area (Å²) in [6.45, 7) is 3.39. The topological polar surface area (TPSA) is 57.7 Å². The first-order valence-corrected chi connectivity index (χ1v) is 10.3. The zero-order chi connectivity index (χ0) is 18.4. The van der Waals surface area contributed by atoms with Crippen molar-refractivity contribution in [2.75, 3.05) is 24.5 Å². The van der Waals surface area contributed by atoms with Crippen LogP contribution in [0.3, 0.4) is 0 Å². The molecule has 0 aliphatic carbocycles. The summed E-state index contributed by atoms with van der Waals surface area (Å²) >= 11 is 0. The van der Waals surface area contributed by atoms with Crippen molar-refractivity contribution in [3.8, 4) is 0 Å². The van der Waals surface area contributed by atoms with E-state index >= 15 is 0 Å². The largest absolute Gasteiger partial charge is 0.311 e. The number of amides is 1. The third-order valence-corrected chi connectivity index (χ3v) is 7.48. The summed E-state index contributed by atoms with van der Waals surface area (Å²) in [4.78, 5) is 14.9. The molecule has 1 spiro atoms. The van der Waals surface area contributed by atoms with Crippen molar-refractivity contribution >= 4 is 21.6 Å². The average Bonchev–Trinajstić information content (AvgIpc) is 2.67. The average molecular weight is 370 g/mol. The number of rotatable bonds is 3. The highest BCUT2D eigenvalue weighted by Crippen LogP contribution is 2.44. The third kappa shape index (κ3) is 2.73. The molecule has 1 amide bonds. The van der Waals surface area contributed by atoms with Crippen LogP contribution in [0.5, 0.6) is 0 Å². The monoisotopic (exact) mass is 370 g/mol. The Bertz CT molecular complexity index is 915. The van der Waals surface area contributed by atoms with Gasteiger partial charge >= 0.3 is 0 Å². The maximum atomic E-state index is 12.8. The quantitative estimate of drug-likeness (QED) is 0.781. The van der Waals surface area contributed by atoms with Crippen LogP contribution in [-0.4, -0.2) is 38.3 Å². The number of β-lactam (4-membered cyclic amide) rings is 1. The van der Waals surface area contributed by atoms with Crippen LogP contribution in [0.15, 0.2) is 59.5 Å². The van der Waals surface area contributed by atoms with Gasteiger partial charge in [0.05, 0.1) is 10.3 Å². The summed E-state index contributed by atoms with van der Waals surface area (Å²) in [5, 5.41) is 0. The fourth-order valence-corrected chi connectivity index (χ4v) is 5.28. The van der Waals surface area contributed by atoms with Crippen LogP contribution < -0.4 is 4.90 Å². The van der Waals surface area contributed by atoms with E-state index < -0.39 is 15.4 Å². The summed E-state index contributed by atoms with van der Waals surface area (Å²) in [6.07, 6.45) is 1.17. The molecule has 2 aromatic carbocycles. The van der Waals surface area contributed by atoms with Gasteiger partial charge in [-0.1, -0.05) is 35.9 Å². The van der Waals surface area contributed by atoms with Crippen molar-refractivity contribution in [2.45, 2.75) is 24.7 Å². The Balaban J connectivity index is 1.45. The molecule has 2 saturated heterocycles. The molecule has 26 heavy (non-hydrogen) atoms. The van der Waals surface area contributed by atoms with Crippen molar-refractivity contribution in [3.05, 3.63) is 60.2 Å². The minimum atomic E-state index is -3.49. The van der Waals surface area contributed by atoms with Crippen LogP contribution in [0.1, 0.15) is 18.4 Å². The van der Waals surface area contributed by atoms with Crippen LogP contribution in [-0.2, 0) is 14.8 Å². The molecule has 6 heteroatoms. The van der Waals surface area contributed by atoms with Crippen molar-refractivity contribution < 1.29 is 13.2 Å². The van der Waals surface area contributed by atoms with E-state index in [4.69, 9.17) is 0 Å². The minimum absolute atomic E-state index is 0.121. The fraction of sp³-hybridized carbons (Fsp3) is 0.350. The number of carbonyl (C=O) groups is 1. The molecule has 0 N–H and O–H groups in total. The van der Waals surface area contributed by atoms with Gasteiger partial charge in [-0.05, 0) is 44.0 Å². The van der Waals surface area contributed by atoms with E-state index in [1.165, 1.54) is 4.31 Å². The summed E-state index contributed by atoms with van der Waals surface area (Å²) in [6, 6.07) is 16.6. The highest BCUT2D eigenvalue weighted by atomic mass is 32.2. The lowest BCUT2D eigenvalue weighted by Crippen LogP contribution is -2.65. The van der Waals surface area contributed by atoms with E-state index in [1.54, 1.807) is 17.0 Å². The van der Waals surface area contributed by atoms with E-state index in [1.807, 2.05) is 49.4 Å². The zero-order valence-electron chi connectivity index (χ0n) is 14.8. The first-order chi connectivity index (χ1) is 12.4. The number of aryl methyl sites for hydroxylation is 1. The first kappa shape index (κ1) is 17.2. The molecule has 5 nitrogen and oxygen atoms in total. The molecule has 0 bridgehead atoms. The number of nitrogens with zero attached hydrogens (tertiary/aromatic N) is 2. The van der Waals surface area contributed by atoms with Crippen molar-refractivity contribution in [1.82, 2.24) is 4.31 Å². The predicted molar refractivity (Wildman–Crippen MR) is 100 cm³/mol. The lowest BCUT2D eigenvalue weighted by atomic mass is 9.71. The van der Waals surface area contributed by atoms with Crippen LogP contribution in [0, 0.1) is 12.3 Å². The number of para-hydroxylation sites is 1. The molecule has 2 heterocycles. The van der Waals surface area contributed by atoms with Crippen molar-refractivity contribution in [2.24, 2.45) is 5.41 Å². The maximum Gasteiger partial charge on any atom is 0.243 e. The molecular weight excluding hydrogens is 348 g/mol.